The second kappa shape index (κ2) is 5.38. The largest absolute Gasteiger partial charge is 0.486 e. The van der Waals surface area contributed by atoms with Gasteiger partial charge in [-0.15, -0.1) is 0 Å². The van der Waals surface area contributed by atoms with E-state index < -0.39 is 11.5 Å². The number of fused-ring (bicyclic) bond motifs is 1. The number of hydrogen-bond acceptors (Lipinski definition) is 4. The van der Waals surface area contributed by atoms with Crippen LogP contribution in [0.3, 0.4) is 0 Å². The molecule has 2 rings (SSSR count). The van der Waals surface area contributed by atoms with Gasteiger partial charge in [0.1, 0.15) is 18.8 Å². The fourth-order valence-electron chi connectivity index (χ4n) is 1.63. The number of carbonyl (C=O) groups is 1. The second-order valence-electron chi connectivity index (χ2n) is 4.87. The summed E-state index contributed by atoms with van der Waals surface area (Å²) >= 11 is 3.46. The lowest BCUT2D eigenvalue weighted by atomic mass is 10.1. The van der Waals surface area contributed by atoms with Crippen molar-refractivity contribution in [2.75, 3.05) is 13.2 Å². The van der Waals surface area contributed by atoms with Crippen molar-refractivity contribution in [2.24, 2.45) is 0 Å². The first kappa shape index (κ1) is 14.1. The lowest BCUT2D eigenvalue weighted by Gasteiger charge is -2.23. The first-order valence-corrected chi connectivity index (χ1v) is 6.76. The van der Waals surface area contributed by atoms with Crippen LogP contribution in [0.5, 0.6) is 11.5 Å². The summed E-state index contributed by atoms with van der Waals surface area (Å²) in [5, 5.41) is 12.1. The third-order valence-corrected chi connectivity index (χ3v) is 3.70. The summed E-state index contributed by atoms with van der Waals surface area (Å²) in [5.74, 6) is 0.514. The molecule has 0 atom stereocenters. The zero-order valence-corrected chi connectivity index (χ0v) is 12.4. The molecule has 1 aromatic carbocycles. The van der Waals surface area contributed by atoms with Gasteiger partial charge in [0, 0.05) is 11.0 Å². The first-order valence-electron chi connectivity index (χ1n) is 5.96. The summed E-state index contributed by atoms with van der Waals surface area (Å²) in [6.07, 6.45) is 0. The minimum atomic E-state index is -0.979. The molecule has 19 heavy (non-hydrogen) atoms. The lowest BCUT2D eigenvalue weighted by molar-refractivity contribution is -0.143. The van der Waals surface area contributed by atoms with Gasteiger partial charge in [-0.3, -0.25) is 10.1 Å². The molecule has 6 heteroatoms. The highest BCUT2D eigenvalue weighted by Gasteiger charge is 2.26. The van der Waals surface area contributed by atoms with E-state index in [4.69, 9.17) is 14.6 Å². The van der Waals surface area contributed by atoms with E-state index in [1.165, 1.54) is 0 Å². The second-order valence-corrected chi connectivity index (χ2v) is 5.73. The van der Waals surface area contributed by atoms with Crippen LogP contribution in [0.25, 0.3) is 0 Å². The first-order chi connectivity index (χ1) is 8.90. The Labute approximate surface area is 120 Å². The highest BCUT2D eigenvalue weighted by Crippen LogP contribution is 2.35. The monoisotopic (exact) mass is 329 g/mol. The number of hydrogen-bond donors (Lipinski definition) is 2. The number of aliphatic carboxylic acids is 1. The van der Waals surface area contributed by atoms with Gasteiger partial charge in [0.2, 0.25) is 0 Å². The molecule has 0 unspecified atom stereocenters. The number of carboxylic acid groups (broad SMARTS) is 1. The Hall–Kier alpha value is -1.27. The van der Waals surface area contributed by atoms with E-state index in [-0.39, 0.29) is 0 Å². The van der Waals surface area contributed by atoms with Crippen molar-refractivity contribution in [1.29, 1.82) is 0 Å². The van der Waals surface area contributed by atoms with Gasteiger partial charge in [-0.1, -0.05) is 15.9 Å². The van der Waals surface area contributed by atoms with E-state index >= 15 is 0 Å². The molecule has 0 fully saturated rings. The molecule has 1 aromatic rings. The van der Waals surface area contributed by atoms with Crippen molar-refractivity contribution >= 4 is 21.9 Å². The van der Waals surface area contributed by atoms with Crippen molar-refractivity contribution in [3.8, 4) is 11.5 Å². The number of nitrogens with one attached hydrogen (secondary N) is 1. The van der Waals surface area contributed by atoms with Gasteiger partial charge in [-0.2, -0.15) is 0 Å². The summed E-state index contributed by atoms with van der Waals surface area (Å²) in [7, 11) is 0. The van der Waals surface area contributed by atoms with Gasteiger partial charge < -0.3 is 14.6 Å². The molecule has 0 aliphatic carbocycles. The number of ether oxygens (including phenoxy) is 2. The molecular formula is C13H16BrNO4. The number of halogens is 1. The minimum absolute atomic E-state index is 0.427. The van der Waals surface area contributed by atoms with Gasteiger partial charge in [-0.05, 0) is 31.5 Å². The van der Waals surface area contributed by atoms with Crippen LogP contribution in [-0.4, -0.2) is 29.8 Å². The van der Waals surface area contributed by atoms with Crippen LogP contribution in [0, 0.1) is 0 Å². The van der Waals surface area contributed by atoms with Crippen LogP contribution in [0.4, 0.5) is 0 Å². The van der Waals surface area contributed by atoms with Crippen molar-refractivity contribution < 1.29 is 19.4 Å². The smallest absolute Gasteiger partial charge is 0.323 e. The predicted octanol–water partition coefficient (Wildman–Crippen LogP) is 2.17. The molecule has 0 bridgehead atoms. The molecule has 5 nitrogen and oxygen atoms in total. The summed E-state index contributed by atoms with van der Waals surface area (Å²) in [6.45, 7) is 4.75. The highest BCUT2D eigenvalue weighted by molar-refractivity contribution is 9.10. The van der Waals surface area contributed by atoms with Crippen LogP contribution in [0.1, 0.15) is 19.4 Å². The predicted molar refractivity (Wildman–Crippen MR) is 73.7 cm³/mol. The Bertz CT molecular complexity index is 502. The number of carboxylic acids is 1. The molecule has 1 aliphatic heterocycles. The standard InChI is InChI=1S/C13H16BrNO4/c1-13(2,12(16)17)15-7-8-5-10-11(6-9(8)14)19-4-3-18-10/h5-6,15H,3-4,7H2,1-2H3,(H,16,17). The molecule has 0 spiro atoms. The van der Waals surface area contributed by atoms with Crippen LogP contribution in [0.2, 0.25) is 0 Å². The molecular weight excluding hydrogens is 314 g/mol. The maximum Gasteiger partial charge on any atom is 0.323 e. The number of benzene rings is 1. The Morgan fingerprint density at radius 1 is 1.37 bits per heavy atom. The number of rotatable bonds is 4. The zero-order chi connectivity index (χ0) is 14.0. The summed E-state index contributed by atoms with van der Waals surface area (Å²) in [4.78, 5) is 11.0. The Morgan fingerprint density at radius 3 is 2.53 bits per heavy atom. The van der Waals surface area contributed by atoms with E-state index in [1.807, 2.05) is 12.1 Å². The molecule has 0 saturated carbocycles. The fraction of sp³-hybridized carbons (Fsp3) is 0.462. The molecule has 0 aromatic heterocycles. The molecule has 1 aliphatic rings. The van der Waals surface area contributed by atoms with Crippen molar-refractivity contribution in [3.63, 3.8) is 0 Å². The van der Waals surface area contributed by atoms with Crippen LogP contribution < -0.4 is 14.8 Å². The van der Waals surface area contributed by atoms with E-state index in [0.29, 0.717) is 31.3 Å². The normalized spacial score (nSPS) is 14.3. The average Bonchev–Trinajstić information content (AvgIpc) is 2.36. The van der Waals surface area contributed by atoms with Crippen LogP contribution >= 0.6 is 15.9 Å². The third-order valence-electron chi connectivity index (χ3n) is 2.97. The van der Waals surface area contributed by atoms with Gasteiger partial charge >= 0.3 is 5.97 Å². The van der Waals surface area contributed by atoms with Crippen molar-refractivity contribution in [3.05, 3.63) is 22.2 Å². The van der Waals surface area contributed by atoms with Gasteiger partial charge in [0.05, 0.1) is 0 Å². The average molecular weight is 330 g/mol. The van der Waals surface area contributed by atoms with E-state index in [9.17, 15) is 4.79 Å². The topological polar surface area (TPSA) is 67.8 Å². The Kier molecular flexibility index (Phi) is 4.01. The zero-order valence-electron chi connectivity index (χ0n) is 10.8. The molecule has 0 amide bonds. The van der Waals surface area contributed by atoms with Gasteiger partial charge in [-0.25, -0.2) is 0 Å². The lowest BCUT2D eigenvalue weighted by Crippen LogP contribution is -2.46. The Morgan fingerprint density at radius 2 is 1.95 bits per heavy atom. The van der Waals surface area contributed by atoms with E-state index in [2.05, 4.69) is 21.2 Å². The maximum absolute atomic E-state index is 11.0. The van der Waals surface area contributed by atoms with Crippen LogP contribution in [-0.2, 0) is 11.3 Å². The van der Waals surface area contributed by atoms with Crippen LogP contribution in [0.15, 0.2) is 16.6 Å². The highest BCUT2D eigenvalue weighted by atomic mass is 79.9. The van der Waals surface area contributed by atoms with Gasteiger partial charge in [0.25, 0.3) is 0 Å². The van der Waals surface area contributed by atoms with E-state index in [1.54, 1.807) is 13.8 Å². The molecule has 2 N–H and O–H groups in total. The van der Waals surface area contributed by atoms with Crippen molar-refractivity contribution in [2.45, 2.75) is 25.9 Å². The molecule has 104 valence electrons. The summed E-state index contributed by atoms with van der Waals surface area (Å²) in [5.41, 5.74) is -0.0502. The summed E-state index contributed by atoms with van der Waals surface area (Å²) < 4.78 is 11.8. The summed E-state index contributed by atoms with van der Waals surface area (Å²) in [6, 6.07) is 3.71. The SMILES string of the molecule is CC(C)(NCc1cc2c(cc1Br)OCCO2)C(=O)O. The fourth-order valence-corrected chi connectivity index (χ4v) is 2.10. The quantitative estimate of drug-likeness (QED) is 0.886. The van der Waals surface area contributed by atoms with Crippen molar-refractivity contribution in [1.82, 2.24) is 5.32 Å². The van der Waals surface area contributed by atoms with Gasteiger partial charge in [0.15, 0.2) is 11.5 Å². The molecule has 1 heterocycles. The minimum Gasteiger partial charge on any atom is -0.486 e. The molecule has 0 saturated heterocycles. The van der Waals surface area contributed by atoms with E-state index in [0.717, 1.165) is 10.0 Å². The molecule has 0 radical (unpaired) electrons. The third kappa shape index (κ3) is 3.19. The Balaban J connectivity index is 2.15. The maximum atomic E-state index is 11.0.